The first-order chi connectivity index (χ1) is 8.20. The predicted octanol–water partition coefficient (Wildman–Crippen LogP) is 2.60. The number of nitrogen functional groups attached to an aromatic ring is 1. The second-order valence-electron chi connectivity index (χ2n) is 3.32. The SMILES string of the molecule is COc1cc(Oc2cccnc2)c(F)cc1N. The Labute approximate surface area is 97.8 Å². The van der Waals surface area contributed by atoms with Crippen LogP contribution in [0.3, 0.4) is 0 Å². The highest BCUT2D eigenvalue weighted by Gasteiger charge is 2.10. The van der Waals surface area contributed by atoms with Crippen LogP contribution < -0.4 is 15.2 Å². The number of pyridine rings is 1. The fraction of sp³-hybridized carbons (Fsp3) is 0.0833. The van der Waals surface area contributed by atoms with E-state index in [1.807, 2.05) is 0 Å². The number of anilines is 1. The van der Waals surface area contributed by atoms with Gasteiger partial charge in [-0.25, -0.2) is 4.39 Å². The number of methoxy groups -OCH3 is 1. The highest BCUT2D eigenvalue weighted by atomic mass is 19.1. The Bertz CT molecular complexity index is 517. The molecule has 2 N–H and O–H groups in total. The highest BCUT2D eigenvalue weighted by molar-refractivity contribution is 5.56. The fourth-order valence-electron chi connectivity index (χ4n) is 1.34. The van der Waals surface area contributed by atoms with Crippen LogP contribution in [0.15, 0.2) is 36.7 Å². The van der Waals surface area contributed by atoms with Crippen LogP contribution in [0.25, 0.3) is 0 Å². The molecule has 0 saturated heterocycles. The van der Waals surface area contributed by atoms with Gasteiger partial charge in [-0.3, -0.25) is 4.98 Å². The Morgan fingerprint density at radius 2 is 2.12 bits per heavy atom. The van der Waals surface area contributed by atoms with E-state index in [1.165, 1.54) is 19.4 Å². The maximum Gasteiger partial charge on any atom is 0.168 e. The Morgan fingerprint density at radius 1 is 1.29 bits per heavy atom. The molecule has 0 atom stereocenters. The molecule has 0 amide bonds. The Morgan fingerprint density at radius 3 is 2.76 bits per heavy atom. The molecule has 0 aliphatic rings. The van der Waals surface area contributed by atoms with Gasteiger partial charge in [0.15, 0.2) is 11.6 Å². The first-order valence-electron chi connectivity index (χ1n) is 4.91. The molecule has 0 bridgehead atoms. The van der Waals surface area contributed by atoms with Gasteiger partial charge >= 0.3 is 0 Å². The lowest BCUT2D eigenvalue weighted by Crippen LogP contribution is -1.96. The van der Waals surface area contributed by atoms with Crippen molar-refractivity contribution in [2.24, 2.45) is 0 Å². The van der Waals surface area contributed by atoms with Gasteiger partial charge in [-0.15, -0.1) is 0 Å². The van der Waals surface area contributed by atoms with E-state index in [0.717, 1.165) is 6.07 Å². The molecule has 0 unspecified atom stereocenters. The third-order valence-electron chi connectivity index (χ3n) is 2.15. The number of hydrogen-bond acceptors (Lipinski definition) is 4. The summed E-state index contributed by atoms with van der Waals surface area (Å²) >= 11 is 0. The van der Waals surface area contributed by atoms with Crippen LogP contribution in [-0.2, 0) is 0 Å². The molecular formula is C12H11FN2O2. The van der Waals surface area contributed by atoms with Crippen LogP contribution in [0.5, 0.6) is 17.2 Å². The maximum absolute atomic E-state index is 13.6. The van der Waals surface area contributed by atoms with Crippen LogP contribution in [0.4, 0.5) is 10.1 Å². The van der Waals surface area contributed by atoms with E-state index >= 15 is 0 Å². The van der Waals surface area contributed by atoms with E-state index in [1.54, 1.807) is 18.3 Å². The Kier molecular flexibility index (Phi) is 3.09. The number of rotatable bonds is 3. The zero-order chi connectivity index (χ0) is 12.3. The standard InChI is InChI=1S/C12H11FN2O2/c1-16-12-6-11(9(13)5-10(12)14)17-8-3-2-4-15-7-8/h2-7H,14H2,1H3. The minimum absolute atomic E-state index is 0.0454. The van der Waals surface area contributed by atoms with E-state index in [4.69, 9.17) is 15.2 Å². The lowest BCUT2D eigenvalue weighted by molar-refractivity contribution is 0.402. The number of ether oxygens (including phenoxy) is 2. The maximum atomic E-state index is 13.6. The molecule has 17 heavy (non-hydrogen) atoms. The van der Waals surface area contributed by atoms with Crippen molar-refractivity contribution >= 4 is 5.69 Å². The normalized spacial score (nSPS) is 10.0. The summed E-state index contributed by atoms with van der Waals surface area (Å²) in [6, 6.07) is 5.93. The van der Waals surface area contributed by atoms with E-state index < -0.39 is 5.82 Å². The number of aromatic nitrogens is 1. The van der Waals surface area contributed by atoms with Crippen molar-refractivity contribution in [3.63, 3.8) is 0 Å². The molecule has 1 aromatic carbocycles. The molecular weight excluding hydrogens is 223 g/mol. The molecule has 88 valence electrons. The smallest absolute Gasteiger partial charge is 0.168 e. The van der Waals surface area contributed by atoms with Crippen molar-refractivity contribution in [1.29, 1.82) is 0 Å². The summed E-state index contributed by atoms with van der Waals surface area (Å²) in [5, 5.41) is 0. The van der Waals surface area contributed by atoms with Crippen molar-refractivity contribution < 1.29 is 13.9 Å². The van der Waals surface area contributed by atoms with E-state index in [0.29, 0.717) is 11.5 Å². The third-order valence-corrected chi connectivity index (χ3v) is 2.15. The van der Waals surface area contributed by atoms with Crippen molar-refractivity contribution in [2.45, 2.75) is 0 Å². The second-order valence-corrected chi connectivity index (χ2v) is 3.32. The predicted molar refractivity (Wildman–Crippen MR) is 61.7 cm³/mol. The zero-order valence-electron chi connectivity index (χ0n) is 9.18. The van der Waals surface area contributed by atoms with Crippen molar-refractivity contribution in [2.75, 3.05) is 12.8 Å². The minimum Gasteiger partial charge on any atom is -0.494 e. The molecule has 2 rings (SSSR count). The van der Waals surface area contributed by atoms with Crippen LogP contribution in [0.1, 0.15) is 0 Å². The summed E-state index contributed by atoms with van der Waals surface area (Å²) in [6.45, 7) is 0. The molecule has 1 heterocycles. The minimum atomic E-state index is -0.549. The van der Waals surface area contributed by atoms with Gasteiger partial charge in [0.2, 0.25) is 0 Å². The van der Waals surface area contributed by atoms with Gasteiger partial charge in [-0.2, -0.15) is 0 Å². The molecule has 0 fully saturated rings. The second kappa shape index (κ2) is 4.69. The van der Waals surface area contributed by atoms with Gasteiger partial charge < -0.3 is 15.2 Å². The van der Waals surface area contributed by atoms with E-state index in [-0.39, 0.29) is 11.4 Å². The Hall–Kier alpha value is -2.30. The molecule has 0 spiro atoms. The van der Waals surface area contributed by atoms with Crippen molar-refractivity contribution in [1.82, 2.24) is 4.98 Å². The lowest BCUT2D eigenvalue weighted by atomic mass is 10.2. The summed E-state index contributed by atoms with van der Waals surface area (Å²) in [5.74, 6) is 0.305. The molecule has 1 aromatic heterocycles. The number of nitrogens with two attached hydrogens (primary N) is 1. The summed E-state index contributed by atoms with van der Waals surface area (Å²) in [5.41, 5.74) is 5.79. The van der Waals surface area contributed by atoms with Gasteiger partial charge in [-0.05, 0) is 12.1 Å². The number of benzene rings is 1. The van der Waals surface area contributed by atoms with Crippen LogP contribution in [0.2, 0.25) is 0 Å². The zero-order valence-corrected chi connectivity index (χ0v) is 9.18. The molecule has 4 nitrogen and oxygen atoms in total. The molecule has 0 radical (unpaired) electrons. The van der Waals surface area contributed by atoms with Crippen LogP contribution in [-0.4, -0.2) is 12.1 Å². The first-order valence-corrected chi connectivity index (χ1v) is 4.91. The third kappa shape index (κ3) is 2.44. The Balaban J connectivity index is 2.33. The number of halogens is 1. The van der Waals surface area contributed by atoms with Gasteiger partial charge in [-0.1, -0.05) is 0 Å². The average molecular weight is 234 g/mol. The topological polar surface area (TPSA) is 57.4 Å². The van der Waals surface area contributed by atoms with Crippen molar-refractivity contribution in [3.05, 3.63) is 42.5 Å². The fourth-order valence-corrected chi connectivity index (χ4v) is 1.34. The van der Waals surface area contributed by atoms with Gasteiger partial charge in [0.1, 0.15) is 11.5 Å². The molecule has 0 aliphatic carbocycles. The van der Waals surface area contributed by atoms with Crippen LogP contribution >= 0.6 is 0 Å². The van der Waals surface area contributed by atoms with Gasteiger partial charge in [0.05, 0.1) is 19.0 Å². The molecule has 0 aliphatic heterocycles. The largest absolute Gasteiger partial charge is 0.494 e. The highest BCUT2D eigenvalue weighted by Crippen LogP contribution is 2.32. The van der Waals surface area contributed by atoms with Crippen LogP contribution in [0, 0.1) is 5.82 Å². The van der Waals surface area contributed by atoms with Crippen molar-refractivity contribution in [3.8, 4) is 17.2 Å². The monoisotopic (exact) mass is 234 g/mol. The molecule has 0 saturated carbocycles. The quantitative estimate of drug-likeness (QED) is 0.829. The van der Waals surface area contributed by atoms with Gasteiger partial charge in [0, 0.05) is 18.3 Å². The average Bonchev–Trinajstić information content (AvgIpc) is 2.34. The summed E-state index contributed by atoms with van der Waals surface area (Å²) in [4.78, 5) is 3.87. The summed E-state index contributed by atoms with van der Waals surface area (Å²) in [7, 11) is 1.46. The van der Waals surface area contributed by atoms with E-state index in [2.05, 4.69) is 4.98 Å². The molecule has 5 heteroatoms. The summed E-state index contributed by atoms with van der Waals surface area (Å²) in [6.07, 6.45) is 3.09. The number of nitrogens with zero attached hydrogens (tertiary/aromatic N) is 1. The van der Waals surface area contributed by atoms with Gasteiger partial charge in [0.25, 0.3) is 0 Å². The first kappa shape index (κ1) is 11.2. The number of hydrogen-bond donors (Lipinski definition) is 1. The summed E-state index contributed by atoms with van der Waals surface area (Å²) < 4.78 is 23.9. The lowest BCUT2D eigenvalue weighted by Gasteiger charge is -2.10. The van der Waals surface area contributed by atoms with E-state index in [9.17, 15) is 4.39 Å². The molecule has 2 aromatic rings.